The Kier molecular flexibility index (Phi) is 6.23. The van der Waals surface area contributed by atoms with Crippen LogP contribution in [0.25, 0.3) is 60.6 Å². The van der Waals surface area contributed by atoms with Crippen LogP contribution in [0.4, 0.5) is 0 Å². The molecule has 1 atom stereocenters. The van der Waals surface area contributed by atoms with Crippen molar-refractivity contribution in [2.45, 2.75) is 32.6 Å². The molecule has 0 bridgehead atoms. The Bertz CT molecular complexity index is 2760. The molecular weight excluding hydrogens is 611 g/mol. The maximum absolute atomic E-state index is 6.64. The Morgan fingerprint density at radius 2 is 1.36 bits per heavy atom. The topological polar surface area (TPSA) is 42.8 Å². The summed E-state index contributed by atoms with van der Waals surface area (Å²) in [6.07, 6.45) is 3.12. The van der Waals surface area contributed by atoms with Gasteiger partial charge in [0.1, 0.15) is 11.2 Å². The Labute approximate surface area is 290 Å². The van der Waals surface area contributed by atoms with Crippen molar-refractivity contribution in [3.05, 3.63) is 162 Å². The number of hydrogen-bond acceptors (Lipinski definition) is 3. The van der Waals surface area contributed by atoms with Gasteiger partial charge in [-0.2, -0.15) is 0 Å². The molecular formula is C46H35N3O. The predicted octanol–water partition coefficient (Wildman–Crippen LogP) is 11.8. The van der Waals surface area contributed by atoms with Gasteiger partial charge < -0.3 is 4.42 Å². The van der Waals surface area contributed by atoms with Crippen molar-refractivity contribution >= 4 is 61.1 Å². The Morgan fingerprint density at radius 3 is 2.16 bits per heavy atom. The lowest BCUT2D eigenvalue weighted by atomic mass is 9.80. The van der Waals surface area contributed by atoms with Crippen molar-refractivity contribution in [1.82, 2.24) is 4.57 Å². The zero-order valence-corrected chi connectivity index (χ0v) is 28.3. The van der Waals surface area contributed by atoms with Gasteiger partial charge in [-0.05, 0) is 52.4 Å². The zero-order valence-electron chi connectivity index (χ0n) is 28.3. The van der Waals surface area contributed by atoms with Crippen LogP contribution in [0.15, 0.2) is 154 Å². The van der Waals surface area contributed by atoms with Crippen molar-refractivity contribution in [1.29, 1.82) is 0 Å². The van der Waals surface area contributed by atoms with Gasteiger partial charge in [0.2, 0.25) is 5.96 Å². The van der Waals surface area contributed by atoms with Crippen LogP contribution in [-0.4, -0.2) is 16.2 Å². The van der Waals surface area contributed by atoms with Gasteiger partial charge in [0.25, 0.3) is 0 Å². The minimum absolute atomic E-state index is 0.193. The third-order valence-corrected chi connectivity index (χ3v) is 10.9. The molecule has 1 aliphatic heterocycles. The minimum atomic E-state index is -0.267. The highest BCUT2D eigenvalue weighted by Crippen LogP contribution is 2.55. The van der Waals surface area contributed by atoms with Gasteiger partial charge in [-0.25, -0.2) is 9.98 Å². The Morgan fingerprint density at radius 1 is 0.660 bits per heavy atom. The third-order valence-electron chi connectivity index (χ3n) is 10.9. The average molecular weight is 646 g/mol. The number of nitrogens with zero attached hydrogens (tertiary/aromatic N) is 3. The van der Waals surface area contributed by atoms with E-state index < -0.39 is 0 Å². The summed E-state index contributed by atoms with van der Waals surface area (Å²) in [5.41, 5.74) is 13.0. The maximum Gasteiger partial charge on any atom is 0.235 e. The largest absolute Gasteiger partial charge is 0.455 e. The molecule has 0 amide bonds. The molecule has 0 saturated carbocycles. The highest BCUT2D eigenvalue weighted by atomic mass is 16.3. The molecule has 0 spiro atoms. The van der Waals surface area contributed by atoms with Crippen LogP contribution in [0, 0.1) is 5.92 Å². The fourth-order valence-corrected chi connectivity index (χ4v) is 8.49. The fraction of sp³-hybridized carbons (Fsp3) is 0.130. The van der Waals surface area contributed by atoms with Crippen molar-refractivity contribution in [3.8, 4) is 11.1 Å². The van der Waals surface area contributed by atoms with E-state index in [9.17, 15) is 0 Å². The first-order valence-corrected chi connectivity index (χ1v) is 17.5. The van der Waals surface area contributed by atoms with Crippen molar-refractivity contribution in [2.75, 3.05) is 0 Å². The molecule has 240 valence electrons. The lowest BCUT2D eigenvalue weighted by Gasteiger charge is -2.23. The summed E-state index contributed by atoms with van der Waals surface area (Å²) in [5.74, 6) is 0.864. The molecule has 50 heavy (non-hydrogen) atoms. The minimum Gasteiger partial charge on any atom is -0.455 e. The molecule has 1 unspecified atom stereocenters. The smallest absolute Gasteiger partial charge is 0.235 e. The fourth-order valence-electron chi connectivity index (χ4n) is 8.49. The van der Waals surface area contributed by atoms with Crippen molar-refractivity contribution in [2.24, 2.45) is 15.9 Å². The van der Waals surface area contributed by atoms with Gasteiger partial charge in [0.05, 0.1) is 22.4 Å². The molecule has 3 heterocycles. The summed E-state index contributed by atoms with van der Waals surface area (Å²) < 4.78 is 8.93. The van der Waals surface area contributed by atoms with Crippen LogP contribution in [-0.2, 0) is 5.41 Å². The van der Waals surface area contributed by atoms with Crippen molar-refractivity contribution in [3.63, 3.8) is 0 Å². The third kappa shape index (κ3) is 4.11. The number of allylic oxidation sites excluding steroid dienone is 1. The number of fused-ring (bicyclic) bond motifs is 11. The molecule has 0 radical (unpaired) electrons. The van der Waals surface area contributed by atoms with Crippen LogP contribution >= 0.6 is 0 Å². The SMILES string of the molecule is CC1C/C=C(c2ccccc2)/N=C(n2c3ccccc3c3c4c(ccc32)-c2c(ccc3c2oc2ccccc23)C4(C)C)/N=C\1c1ccccc1. The molecule has 2 aliphatic rings. The van der Waals surface area contributed by atoms with E-state index in [-0.39, 0.29) is 11.3 Å². The standard InChI is InChI=1S/C46H35N3O/c1-28-22-26-36(29-14-6-4-7-15-29)47-45(48-43(28)30-16-8-5-9-17-30)49-37-20-12-10-19-33(37)41-38(49)27-24-34-40-35(46(2,3)42(34)41)25-23-32-31-18-11-13-21-39(31)50-44(32)40/h4-21,23-28H,22H2,1-3H3/b36-26+,47-45-,48-43+. The monoisotopic (exact) mass is 645 g/mol. The van der Waals surface area contributed by atoms with Gasteiger partial charge in [-0.15, -0.1) is 0 Å². The van der Waals surface area contributed by atoms with E-state index in [2.05, 4.69) is 159 Å². The summed E-state index contributed by atoms with van der Waals surface area (Å²) in [6.45, 7) is 6.98. The molecule has 10 rings (SSSR count). The first-order valence-electron chi connectivity index (χ1n) is 17.5. The molecule has 0 N–H and O–H groups in total. The van der Waals surface area contributed by atoms with E-state index in [1.54, 1.807) is 0 Å². The Hall–Kier alpha value is -6.00. The van der Waals surface area contributed by atoms with Crippen LogP contribution in [0.2, 0.25) is 0 Å². The van der Waals surface area contributed by atoms with Crippen LogP contribution < -0.4 is 0 Å². The lowest BCUT2D eigenvalue weighted by molar-refractivity contribution is 0.657. The predicted molar refractivity (Wildman–Crippen MR) is 208 cm³/mol. The Balaban J connectivity index is 1.29. The summed E-state index contributed by atoms with van der Waals surface area (Å²) in [5, 5.41) is 4.75. The number of hydrogen-bond donors (Lipinski definition) is 0. The summed E-state index contributed by atoms with van der Waals surface area (Å²) in [7, 11) is 0. The first kappa shape index (κ1) is 29.0. The number of para-hydroxylation sites is 2. The molecule has 1 aliphatic carbocycles. The van der Waals surface area contributed by atoms with Crippen LogP contribution in [0.1, 0.15) is 49.4 Å². The normalized spacial score (nSPS) is 20.1. The van der Waals surface area contributed by atoms with Gasteiger partial charge in [-0.1, -0.05) is 142 Å². The van der Waals surface area contributed by atoms with E-state index in [4.69, 9.17) is 14.4 Å². The van der Waals surface area contributed by atoms with Crippen LogP contribution in [0.3, 0.4) is 0 Å². The highest BCUT2D eigenvalue weighted by molar-refractivity contribution is 6.21. The number of aliphatic imine (C=N–C) groups is 2. The number of furan rings is 1. The van der Waals surface area contributed by atoms with Crippen LogP contribution in [0.5, 0.6) is 0 Å². The maximum atomic E-state index is 6.64. The highest BCUT2D eigenvalue weighted by Gasteiger charge is 2.40. The van der Waals surface area contributed by atoms with Gasteiger partial charge in [0, 0.05) is 38.4 Å². The number of rotatable bonds is 2. The quantitative estimate of drug-likeness (QED) is 0.184. The van der Waals surface area contributed by atoms with E-state index in [1.165, 1.54) is 33.0 Å². The van der Waals surface area contributed by atoms with Gasteiger partial charge in [-0.3, -0.25) is 4.57 Å². The van der Waals surface area contributed by atoms with Gasteiger partial charge in [0.15, 0.2) is 0 Å². The molecule has 2 aromatic heterocycles. The molecule has 4 heteroatoms. The summed E-state index contributed by atoms with van der Waals surface area (Å²) in [4.78, 5) is 10.9. The first-order chi connectivity index (χ1) is 24.5. The molecule has 0 fully saturated rings. The lowest BCUT2D eigenvalue weighted by Crippen LogP contribution is -2.20. The second kappa shape index (κ2) is 10.8. The number of aromatic nitrogens is 1. The summed E-state index contributed by atoms with van der Waals surface area (Å²) >= 11 is 0. The molecule has 8 aromatic rings. The second-order valence-electron chi connectivity index (χ2n) is 14.2. The van der Waals surface area contributed by atoms with E-state index in [1.807, 2.05) is 6.07 Å². The summed E-state index contributed by atoms with van der Waals surface area (Å²) in [6, 6.07) is 47.3. The van der Waals surface area contributed by atoms with E-state index in [0.29, 0.717) is 5.96 Å². The molecule has 0 saturated heterocycles. The molecule has 6 aromatic carbocycles. The number of benzene rings is 6. The van der Waals surface area contributed by atoms with Crippen molar-refractivity contribution < 1.29 is 4.42 Å². The molecule has 4 nitrogen and oxygen atoms in total. The van der Waals surface area contributed by atoms with Gasteiger partial charge >= 0.3 is 0 Å². The van der Waals surface area contributed by atoms with E-state index >= 15 is 0 Å². The van der Waals surface area contributed by atoms with E-state index in [0.717, 1.165) is 61.9 Å². The average Bonchev–Trinajstić information content (AvgIpc) is 3.77. The second-order valence-corrected chi connectivity index (χ2v) is 14.2. The zero-order chi connectivity index (χ0) is 33.6.